The number of rotatable bonds is 6. The van der Waals surface area contributed by atoms with E-state index in [1.165, 1.54) is 10.6 Å². The number of nitrogens with zero attached hydrogens (tertiary/aromatic N) is 2. The molecule has 4 nitrogen and oxygen atoms in total. The van der Waals surface area contributed by atoms with Crippen molar-refractivity contribution in [1.82, 2.24) is 9.55 Å². The van der Waals surface area contributed by atoms with Gasteiger partial charge < -0.3 is 10.3 Å². The molecule has 10 heteroatoms. The van der Waals surface area contributed by atoms with Crippen LogP contribution in [0.4, 0.5) is 18.5 Å². The maximum Gasteiger partial charge on any atom is 0.286 e. The van der Waals surface area contributed by atoms with Crippen molar-refractivity contribution in [1.29, 1.82) is 0 Å². The zero-order valence-corrected chi connectivity index (χ0v) is 16.7. The van der Waals surface area contributed by atoms with Crippen LogP contribution in [-0.4, -0.2) is 15.3 Å². The average Bonchev–Trinajstić information content (AvgIpc) is 2.80. The molecule has 2 rings (SSSR count). The van der Waals surface area contributed by atoms with Crippen LogP contribution in [0.5, 0.6) is 0 Å². The van der Waals surface area contributed by atoms with Crippen molar-refractivity contribution >= 4 is 58.6 Å². The minimum atomic E-state index is -3.20. The fraction of sp³-hybridized carbons (Fsp3) is 0.125. The van der Waals surface area contributed by atoms with Crippen molar-refractivity contribution in [3.63, 3.8) is 0 Å². The molecule has 0 saturated heterocycles. The van der Waals surface area contributed by atoms with Crippen LogP contribution in [0.25, 0.3) is 11.0 Å². The van der Waals surface area contributed by atoms with E-state index in [-0.39, 0.29) is 31.8 Å². The Morgan fingerprint density at radius 2 is 2.12 bits per heavy atom. The summed E-state index contributed by atoms with van der Waals surface area (Å²) in [6, 6.07) is 1.38. The van der Waals surface area contributed by atoms with Crippen LogP contribution in [0, 0.1) is 6.92 Å². The fourth-order valence-electron chi connectivity index (χ4n) is 2.43. The number of aryl methyl sites for hydroxylation is 1. The van der Waals surface area contributed by atoms with E-state index < -0.39 is 26.4 Å². The van der Waals surface area contributed by atoms with Gasteiger partial charge in [-0.05, 0) is 35.0 Å². The number of halogens is 5. The molecule has 0 aliphatic rings. The van der Waals surface area contributed by atoms with E-state index in [9.17, 15) is 17.6 Å². The second-order valence-electron chi connectivity index (χ2n) is 5.29. The monoisotopic (exact) mass is 465 g/mol. The highest BCUT2D eigenvalue weighted by atomic mass is 79.9. The lowest BCUT2D eigenvalue weighted by molar-refractivity contribution is 0.103. The number of anilines is 1. The number of nitrogen functional groups attached to an aromatic ring is 1. The third kappa shape index (κ3) is 4.03. The summed E-state index contributed by atoms with van der Waals surface area (Å²) < 4.78 is 40.5. The lowest BCUT2D eigenvalue weighted by Gasteiger charge is -2.12. The summed E-state index contributed by atoms with van der Waals surface area (Å²) in [5.41, 5.74) is 6.39. The largest absolute Gasteiger partial charge is 0.398 e. The fourth-order valence-corrected chi connectivity index (χ4v) is 3.84. The van der Waals surface area contributed by atoms with Crippen LogP contribution in [-0.2, 0) is 6.29 Å². The number of carbonyl (C=O) groups excluding carboxylic acids is 1. The van der Waals surface area contributed by atoms with Gasteiger partial charge in [0, 0.05) is 16.3 Å². The molecule has 0 bridgehead atoms. The maximum atomic E-state index is 13.2. The van der Waals surface area contributed by atoms with Crippen molar-refractivity contribution < 1.29 is 17.6 Å². The highest BCUT2D eigenvalue weighted by molar-refractivity contribution is 9.10. The van der Waals surface area contributed by atoms with E-state index in [0.29, 0.717) is 11.3 Å². The molecule has 138 valence electrons. The van der Waals surface area contributed by atoms with Crippen molar-refractivity contribution in [3.05, 3.63) is 57.6 Å². The van der Waals surface area contributed by atoms with Crippen LogP contribution < -0.4 is 5.73 Å². The molecular weight excluding hydrogens is 454 g/mol. The topological polar surface area (TPSA) is 60.9 Å². The molecule has 0 unspecified atom stereocenters. The van der Waals surface area contributed by atoms with Crippen LogP contribution >= 0.6 is 36.1 Å². The number of hydrogen-bond acceptors (Lipinski definition) is 3. The van der Waals surface area contributed by atoms with E-state index in [2.05, 4.69) is 34.1 Å². The van der Waals surface area contributed by atoms with Crippen molar-refractivity contribution in [2.75, 3.05) is 5.73 Å². The minimum absolute atomic E-state index is 0.00542. The number of nitrogens with two attached hydrogens (primary N) is 1. The number of aromatic nitrogens is 2. The van der Waals surface area contributed by atoms with E-state index in [0.717, 1.165) is 6.08 Å². The van der Waals surface area contributed by atoms with Gasteiger partial charge in [0.2, 0.25) is 0 Å². The SMILES string of the molecule is C=C(F)/C=C(\C(=C)Cl)C(=O)c1c(N)cc2c(nc(C)n2CP(F)F)c1Br. The minimum Gasteiger partial charge on any atom is -0.398 e. The Kier molecular flexibility index (Phi) is 6.32. The summed E-state index contributed by atoms with van der Waals surface area (Å²) in [5, 5.41) is -0.192. The van der Waals surface area contributed by atoms with Gasteiger partial charge in [-0.1, -0.05) is 24.8 Å². The van der Waals surface area contributed by atoms with Crippen molar-refractivity contribution in [2.24, 2.45) is 0 Å². The number of Topliss-reactive ketones (excluding diaryl/α,β-unsaturated/α-hetero) is 1. The molecule has 0 amide bonds. The van der Waals surface area contributed by atoms with Crippen molar-refractivity contribution in [3.8, 4) is 0 Å². The number of ketones is 1. The summed E-state index contributed by atoms with van der Waals surface area (Å²) in [6.07, 6.45) is 0.346. The lowest BCUT2D eigenvalue weighted by Crippen LogP contribution is -2.09. The molecule has 26 heavy (non-hydrogen) atoms. The summed E-state index contributed by atoms with van der Waals surface area (Å²) >= 11 is 9.05. The molecule has 0 radical (unpaired) electrons. The molecule has 1 aromatic heterocycles. The summed E-state index contributed by atoms with van der Waals surface area (Å²) in [5.74, 6) is -1.23. The predicted octanol–water partition coefficient (Wildman–Crippen LogP) is 6.24. The van der Waals surface area contributed by atoms with Crippen LogP contribution in [0.1, 0.15) is 16.2 Å². The highest BCUT2D eigenvalue weighted by Gasteiger charge is 2.25. The van der Waals surface area contributed by atoms with Crippen LogP contribution in [0.2, 0.25) is 0 Å². The predicted molar refractivity (Wildman–Crippen MR) is 103 cm³/mol. The Morgan fingerprint density at radius 1 is 1.50 bits per heavy atom. The first-order chi connectivity index (χ1) is 12.0. The normalized spacial score (nSPS) is 12.0. The van der Waals surface area contributed by atoms with Gasteiger partial charge in [0.1, 0.15) is 23.5 Å². The van der Waals surface area contributed by atoms with Gasteiger partial charge in [-0.3, -0.25) is 4.79 Å². The number of benzene rings is 1. The van der Waals surface area contributed by atoms with Gasteiger partial charge in [-0.25, -0.2) is 9.37 Å². The summed E-state index contributed by atoms with van der Waals surface area (Å²) in [6.45, 7) is 8.08. The van der Waals surface area contributed by atoms with Crippen LogP contribution in [0.3, 0.4) is 0 Å². The highest BCUT2D eigenvalue weighted by Crippen LogP contribution is 2.43. The number of allylic oxidation sites excluding steroid dienone is 4. The molecule has 2 N–H and O–H groups in total. The quantitative estimate of drug-likeness (QED) is 0.180. The van der Waals surface area contributed by atoms with Gasteiger partial charge >= 0.3 is 0 Å². The van der Waals surface area contributed by atoms with Crippen molar-refractivity contribution in [2.45, 2.75) is 13.2 Å². The molecule has 0 spiro atoms. The Labute approximate surface area is 162 Å². The van der Waals surface area contributed by atoms with Gasteiger partial charge in [0.15, 0.2) is 5.78 Å². The van der Waals surface area contributed by atoms with E-state index >= 15 is 0 Å². The molecule has 0 saturated carbocycles. The van der Waals surface area contributed by atoms with Crippen LogP contribution in [0.15, 0.2) is 46.2 Å². The molecule has 0 fully saturated rings. The second kappa shape index (κ2) is 7.94. The molecule has 0 aliphatic carbocycles. The molecule has 2 aromatic rings. The van der Waals surface area contributed by atoms with Gasteiger partial charge in [0.25, 0.3) is 8.54 Å². The Balaban J connectivity index is 2.72. The number of carbonyl (C=O) groups is 1. The number of fused-ring (bicyclic) bond motifs is 1. The molecule has 0 aliphatic heterocycles. The Morgan fingerprint density at radius 3 is 2.62 bits per heavy atom. The smallest absolute Gasteiger partial charge is 0.286 e. The molecule has 1 heterocycles. The average molecular weight is 467 g/mol. The Hall–Kier alpha value is -1.63. The standard InChI is InChI=1S/C16H13BrClF3N3OP/c1-7(19)4-10(8(2)18)16(25)13-11(22)5-12-15(14(13)17)23-9(3)24(12)6-26(20)21/h4-5H,1-2,6,22H2,3H3/b10-4+. The van der Waals surface area contributed by atoms with Gasteiger partial charge in [0.05, 0.1) is 15.6 Å². The molecule has 1 aromatic carbocycles. The van der Waals surface area contributed by atoms with E-state index in [4.69, 9.17) is 17.3 Å². The van der Waals surface area contributed by atoms with Gasteiger partial charge in [-0.2, -0.15) is 8.39 Å². The zero-order chi connectivity index (χ0) is 19.8. The first kappa shape index (κ1) is 20.7. The number of imidazole rings is 1. The first-order valence-electron chi connectivity index (χ1n) is 7.04. The third-order valence-electron chi connectivity index (χ3n) is 3.52. The first-order valence-corrected chi connectivity index (χ1v) is 9.52. The summed E-state index contributed by atoms with van der Waals surface area (Å²) in [7, 11) is -3.20. The lowest BCUT2D eigenvalue weighted by atomic mass is 10.00. The zero-order valence-electron chi connectivity index (χ0n) is 13.5. The number of hydrogen-bond donors (Lipinski definition) is 1. The van der Waals surface area contributed by atoms with E-state index in [1.54, 1.807) is 6.92 Å². The molecular formula is C16H13BrClF3N3OP. The second-order valence-corrected chi connectivity index (χ2v) is 7.43. The third-order valence-corrected chi connectivity index (χ3v) is 4.99. The Bertz CT molecular complexity index is 972. The van der Waals surface area contributed by atoms with E-state index in [1.807, 2.05) is 0 Å². The molecule has 0 atom stereocenters. The summed E-state index contributed by atoms with van der Waals surface area (Å²) in [4.78, 5) is 17.0. The maximum absolute atomic E-state index is 13.2. The van der Waals surface area contributed by atoms with Gasteiger partial charge in [-0.15, -0.1) is 0 Å².